The van der Waals surface area contributed by atoms with E-state index in [4.69, 9.17) is 21.3 Å². The molecular weight excluding hydrogens is 416 g/mol. The summed E-state index contributed by atoms with van der Waals surface area (Å²) in [5.74, 6) is 0.995. The molecule has 0 radical (unpaired) electrons. The minimum Gasteiger partial charge on any atom is -0.370 e. The van der Waals surface area contributed by atoms with Crippen LogP contribution in [-0.4, -0.2) is 47.9 Å². The van der Waals surface area contributed by atoms with Crippen molar-refractivity contribution in [1.82, 2.24) is 9.88 Å². The molecule has 0 unspecified atom stereocenters. The van der Waals surface area contributed by atoms with Crippen LogP contribution in [0.4, 0.5) is 5.82 Å². The predicted octanol–water partition coefficient (Wildman–Crippen LogP) is 4.50. The van der Waals surface area contributed by atoms with E-state index in [-0.39, 0.29) is 5.60 Å². The summed E-state index contributed by atoms with van der Waals surface area (Å²) >= 11 is 7.56. The molecule has 0 N–H and O–H groups in total. The van der Waals surface area contributed by atoms with Crippen LogP contribution in [0, 0.1) is 11.3 Å². The van der Waals surface area contributed by atoms with Crippen LogP contribution in [0.25, 0.3) is 0 Å². The first-order valence-electron chi connectivity index (χ1n) is 10.3. The Kier molecular flexibility index (Phi) is 6.26. The number of anilines is 1. The SMILES string of the molecule is CSc1nc(N2CCN(Cc3ccc(Cl)cc3)CC2)c2c(c1C#N)CC(C)(C)OC2. The van der Waals surface area contributed by atoms with Crippen LogP contribution in [0.5, 0.6) is 0 Å². The van der Waals surface area contributed by atoms with E-state index in [9.17, 15) is 5.26 Å². The quantitative estimate of drug-likeness (QED) is 0.649. The summed E-state index contributed by atoms with van der Waals surface area (Å²) in [5.41, 5.74) is 3.95. The molecule has 0 aliphatic carbocycles. The summed E-state index contributed by atoms with van der Waals surface area (Å²) in [6, 6.07) is 10.5. The Morgan fingerprint density at radius 1 is 1.17 bits per heavy atom. The third-order valence-corrected chi connectivity index (χ3v) is 6.80. The molecule has 1 saturated heterocycles. The minimum absolute atomic E-state index is 0.260. The zero-order chi connectivity index (χ0) is 21.3. The number of nitrogens with zero attached hydrogens (tertiary/aromatic N) is 4. The molecule has 7 heteroatoms. The Labute approximate surface area is 188 Å². The van der Waals surface area contributed by atoms with E-state index in [0.29, 0.717) is 6.61 Å². The number of nitriles is 1. The second-order valence-corrected chi connectivity index (χ2v) is 9.73. The third kappa shape index (κ3) is 4.45. The van der Waals surface area contributed by atoms with Gasteiger partial charge in [0.05, 0.1) is 17.8 Å². The van der Waals surface area contributed by atoms with Gasteiger partial charge in [-0.15, -0.1) is 11.8 Å². The fourth-order valence-electron chi connectivity index (χ4n) is 4.22. The molecule has 0 atom stereocenters. The first-order chi connectivity index (χ1) is 14.4. The van der Waals surface area contributed by atoms with E-state index >= 15 is 0 Å². The van der Waals surface area contributed by atoms with E-state index in [2.05, 4.69) is 41.8 Å². The molecule has 0 spiro atoms. The maximum absolute atomic E-state index is 9.80. The number of pyridine rings is 1. The van der Waals surface area contributed by atoms with Gasteiger partial charge in [0.25, 0.3) is 0 Å². The molecule has 2 aliphatic rings. The summed E-state index contributed by atoms with van der Waals surface area (Å²) in [6.07, 6.45) is 2.73. The molecule has 0 bridgehead atoms. The lowest BCUT2D eigenvalue weighted by Crippen LogP contribution is -2.47. The van der Waals surface area contributed by atoms with Gasteiger partial charge in [-0.3, -0.25) is 4.90 Å². The van der Waals surface area contributed by atoms with Crippen LogP contribution >= 0.6 is 23.4 Å². The highest BCUT2D eigenvalue weighted by atomic mass is 35.5. The number of halogens is 1. The third-order valence-electron chi connectivity index (χ3n) is 5.86. The Hall–Kier alpha value is -1.78. The average molecular weight is 443 g/mol. The average Bonchev–Trinajstić information content (AvgIpc) is 2.74. The molecule has 3 heterocycles. The second-order valence-electron chi connectivity index (χ2n) is 8.50. The van der Waals surface area contributed by atoms with Crippen LogP contribution in [-0.2, 0) is 24.3 Å². The predicted molar refractivity (Wildman–Crippen MR) is 122 cm³/mol. The number of hydrogen-bond donors (Lipinski definition) is 0. The van der Waals surface area contributed by atoms with Gasteiger partial charge in [0.15, 0.2) is 0 Å². The van der Waals surface area contributed by atoms with Crippen molar-refractivity contribution in [1.29, 1.82) is 5.26 Å². The van der Waals surface area contributed by atoms with E-state index in [1.54, 1.807) is 11.8 Å². The molecule has 158 valence electrons. The monoisotopic (exact) mass is 442 g/mol. The first-order valence-corrected chi connectivity index (χ1v) is 11.9. The second kappa shape index (κ2) is 8.76. The fraction of sp³-hybridized carbons (Fsp3) is 0.478. The van der Waals surface area contributed by atoms with Crippen molar-refractivity contribution >= 4 is 29.2 Å². The van der Waals surface area contributed by atoms with Crippen molar-refractivity contribution in [2.45, 2.75) is 44.0 Å². The van der Waals surface area contributed by atoms with Gasteiger partial charge in [-0.25, -0.2) is 4.98 Å². The normalized spacial score (nSPS) is 18.7. The van der Waals surface area contributed by atoms with Crippen molar-refractivity contribution < 1.29 is 4.74 Å². The number of rotatable bonds is 4. The van der Waals surface area contributed by atoms with Crippen LogP contribution in [0.15, 0.2) is 29.3 Å². The smallest absolute Gasteiger partial charge is 0.135 e. The minimum atomic E-state index is -0.260. The zero-order valence-electron chi connectivity index (χ0n) is 17.7. The number of hydrogen-bond acceptors (Lipinski definition) is 6. The lowest BCUT2D eigenvalue weighted by Gasteiger charge is -2.39. The fourth-order valence-corrected chi connectivity index (χ4v) is 4.89. The van der Waals surface area contributed by atoms with Crippen LogP contribution in [0.3, 0.4) is 0 Å². The van der Waals surface area contributed by atoms with Gasteiger partial charge < -0.3 is 9.64 Å². The summed E-state index contributed by atoms with van der Waals surface area (Å²) in [6.45, 7) is 9.39. The highest BCUT2D eigenvalue weighted by Crippen LogP contribution is 2.38. The number of thioether (sulfide) groups is 1. The van der Waals surface area contributed by atoms with Crippen LogP contribution in [0.1, 0.15) is 36.1 Å². The highest BCUT2D eigenvalue weighted by molar-refractivity contribution is 7.98. The number of ether oxygens (including phenoxy) is 1. The molecule has 0 amide bonds. The Bertz CT molecular complexity index is 963. The lowest BCUT2D eigenvalue weighted by molar-refractivity contribution is -0.0402. The van der Waals surface area contributed by atoms with Gasteiger partial charge in [-0.1, -0.05) is 23.7 Å². The number of aromatic nitrogens is 1. The highest BCUT2D eigenvalue weighted by Gasteiger charge is 2.33. The molecule has 4 rings (SSSR count). The van der Waals surface area contributed by atoms with Gasteiger partial charge >= 0.3 is 0 Å². The molecule has 1 fully saturated rings. The summed E-state index contributed by atoms with van der Waals surface area (Å²) in [5, 5.41) is 11.4. The van der Waals surface area contributed by atoms with E-state index in [1.807, 2.05) is 18.4 Å². The Morgan fingerprint density at radius 3 is 2.50 bits per heavy atom. The van der Waals surface area contributed by atoms with Gasteiger partial charge in [-0.2, -0.15) is 5.26 Å². The van der Waals surface area contributed by atoms with Crippen molar-refractivity contribution in [2.75, 3.05) is 37.3 Å². The maximum Gasteiger partial charge on any atom is 0.135 e. The molecule has 2 aromatic rings. The van der Waals surface area contributed by atoms with Crippen molar-refractivity contribution in [3.05, 3.63) is 51.5 Å². The van der Waals surface area contributed by atoms with E-state index in [0.717, 1.165) is 71.7 Å². The van der Waals surface area contributed by atoms with Crippen molar-refractivity contribution in [2.24, 2.45) is 0 Å². The maximum atomic E-state index is 9.80. The summed E-state index contributed by atoms with van der Waals surface area (Å²) < 4.78 is 6.10. The van der Waals surface area contributed by atoms with E-state index in [1.165, 1.54) is 5.56 Å². The molecule has 30 heavy (non-hydrogen) atoms. The van der Waals surface area contributed by atoms with Gasteiger partial charge in [-0.05, 0) is 43.4 Å². The summed E-state index contributed by atoms with van der Waals surface area (Å²) in [4.78, 5) is 9.74. The lowest BCUT2D eigenvalue weighted by atomic mass is 9.89. The van der Waals surface area contributed by atoms with Gasteiger partial charge in [0.2, 0.25) is 0 Å². The zero-order valence-corrected chi connectivity index (χ0v) is 19.3. The standard InChI is InChI=1S/C23H27ClN4OS/c1-23(2)12-18-19(13-25)22(30-3)26-21(20(18)15-29-23)28-10-8-27(9-11-28)14-16-4-6-17(24)7-5-16/h4-7H,8-12,14-15H2,1-3H3. The number of piperazine rings is 1. The molecule has 1 aromatic carbocycles. The Morgan fingerprint density at radius 2 is 1.87 bits per heavy atom. The Balaban J connectivity index is 1.55. The number of benzene rings is 1. The van der Waals surface area contributed by atoms with Crippen LogP contribution in [0.2, 0.25) is 5.02 Å². The van der Waals surface area contributed by atoms with Gasteiger partial charge in [0, 0.05) is 49.7 Å². The molecular formula is C23H27ClN4OS. The summed E-state index contributed by atoms with van der Waals surface area (Å²) in [7, 11) is 0. The first kappa shape index (κ1) is 21.5. The van der Waals surface area contributed by atoms with Crippen molar-refractivity contribution in [3.63, 3.8) is 0 Å². The molecule has 5 nitrogen and oxygen atoms in total. The van der Waals surface area contributed by atoms with E-state index < -0.39 is 0 Å². The number of fused-ring (bicyclic) bond motifs is 1. The largest absolute Gasteiger partial charge is 0.370 e. The topological polar surface area (TPSA) is 52.4 Å². The molecule has 2 aliphatic heterocycles. The van der Waals surface area contributed by atoms with Gasteiger partial charge in [0.1, 0.15) is 16.9 Å². The van der Waals surface area contributed by atoms with Crippen molar-refractivity contribution in [3.8, 4) is 6.07 Å². The van der Waals surface area contributed by atoms with Crippen LogP contribution < -0.4 is 4.90 Å². The molecule has 0 saturated carbocycles. The molecule has 1 aromatic heterocycles.